The molecule has 0 unspecified atom stereocenters. The van der Waals surface area contributed by atoms with Gasteiger partial charge in [-0.2, -0.15) is 0 Å². The Morgan fingerprint density at radius 1 is 1.67 bits per heavy atom. The molecule has 0 aliphatic carbocycles. The van der Waals surface area contributed by atoms with Crippen molar-refractivity contribution >= 4 is 5.97 Å². The molecule has 0 N–H and O–H groups in total. The van der Waals surface area contributed by atoms with Gasteiger partial charge in [-0.15, -0.1) is 0 Å². The standard InChI is InChI=1S/C8H9NO2.Na.H/c1-2-11-8(10)7-5-3-4-6-9-7;;/h3-6H,2H2,1H3;;/q;+1;-1. The van der Waals surface area contributed by atoms with E-state index >= 15 is 0 Å². The Labute approximate surface area is 94.9 Å². The number of rotatable bonds is 2. The number of hydrogen-bond donors (Lipinski definition) is 0. The molecule has 0 saturated carbocycles. The van der Waals surface area contributed by atoms with E-state index in [1.807, 2.05) is 0 Å². The van der Waals surface area contributed by atoms with E-state index in [1.165, 1.54) is 0 Å². The minimum absolute atomic E-state index is 0. The van der Waals surface area contributed by atoms with Gasteiger partial charge >= 0.3 is 35.5 Å². The smallest absolute Gasteiger partial charge is 1.00 e. The number of hydrogen-bond acceptors (Lipinski definition) is 3. The molecule has 1 aromatic rings. The van der Waals surface area contributed by atoms with Crippen LogP contribution in [-0.2, 0) is 4.74 Å². The molecule has 4 heteroatoms. The molecule has 0 fully saturated rings. The van der Waals surface area contributed by atoms with Gasteiger partial charge in [-0.3, -0.25) is 0 Å². The number of aromatic nitrogens is 1. The predicted molar refractivity (Wildman–Crippen MR) is 41.3 cm³/mol. The summed E-state index contributed by atoms with van der Waals surface area (Å²) < 4.78 is 4.73. The third kappa shape index (κ3) is 3.34. The van der Waals surface area contributed by atoms with Gasteiger partial charge in [-0.1, -0.05) is 6.07 Å². The van der Waals surface area contributed by atoms with E-state index in [0.717, 1.165) is 0 Å². The van der Waals surface area contributed by atoms with Gasteiger partial charge in [0.2, 0.25) is 0 Å². The molecule has 0 spiro atoms. The quantitative estimate of drug-likeness (QED) is 0.400. The van der Waals surface area contributed by atoms with Crippen molar-refractivity contribution in [2.45, 2.75) is 6.92 Å². The average Bonchev–Trinajstić information content (AvgIpc) is 2.07. The number of nitrogens with zero attached hydrogens (tertiary/aromatic N) is 1. The second kappa shape index (κ2) is 6.17. The van der Waals surface area contributed by atoms with Crippen molar-refractivity contribution in [2.24, 2.45) is 0 Å². The summed E-state index contributed by atoms with van der Waals surface area (Å²) in [6.07, 6.45) is 1.56. The van der Waals surface area contributed by atoms with Gasteiger partial charge in [0, 0.05) is 6.20 Å². The zero-order chi connectivity index (χ0) is 8.10. The minimum atomic E-state index is -0.367. The van der Waals surface area contributed by atoms with Gasteiger partial charge in [0.15, 0.2) is 0 Å². The first-order valence-corrected chi connectivity index (χ1v) is 3.42. The van der Waals surface area contributed by atoms with Crippen molar-refractivity contribution in [1.29, 1.82) is 0 Å². The summed E-state index contributed by atoms with van der Waals surface area (Å²) in [6, 6.07) is 5.12. The topological polar surface area (TPSA) is 39.2 Å². The zero-order valence-electron chi connectivity index (χ0n) is 8.28. The van der Waals surface area contributed by atoms with Crippen molar-refractivity contribution in [3.63, 3.8) is 0 Å². The molecule has 0 bridgehead atoms. The van der Waals surface area contributed by atoms with Crippen LogP contribution in [0.15, 0.2) is 24.4 Å². The van der Waals surface area contributed by atoms with Crippen LogP contribution in [0.25, 0.3) is 0 Å². The van der Waals surface area contributed by atoms with E-state index in [-0.39, 0.29) is 37.0 Å². The van der Waals surface area contributed by atoms with Crippen molar-refractivity contribution in [3.8, 4) is 0 Å². The third-order valence-electron chi connectivity index (χ3n) is 1.15. The maximum Gasteiger partial charge on any atom is 1.00 e. The summed E-state index contributed by atoms with van der Waals surface area (Å²) in [5, 5.41) is 0. The van der Waals surface area contributed by atoms with Crippen LogP contribution in [0.5, 0.6) is 0 Å². The Bertz CT molecular complexity index is 243. The first-order chi connectivity index (χ1) is 5.34. The van der Waals surface area contributed by atoms with Crippen LogP contribution >= 0.6 is 0 Å². The Kier molecular flexibility index (Phi) is 5.98. The minimum Gasteiger partial charge on any atom is -1.00 e. The average molecular weight is 175 g/mol. The molecule has 3 nitrogen and oxygen atoms in total. The number of carbonyl (C=O) groups is 1. The van der Waals surface area contributed by atoms with Gasteiger partial charge < -0.3 is 6.16 Å². The number of ether oxygens (including phenoxy) is 1. The monoisotopic (exact) mass is 175 g/mol. The Hall–Kier alpha value is -0.380. The summed E-state index contributed by atoms with van der Waals surface area (Å²) in [4.78, 5) is 14.8. The maximum absolute atomic E-state index is 11.0. The van der Waals surface area contributed by atoms with E-state index in [4.69, 9.17) is 4.74 Å². The molecule has 60 valence electrons. The van der Waals surface area contributed by atoms with E-state index in [2.05, 4.69) is 4.98 Å². The van der Waals surface area contributed by atoms with Crippen LogP contribution in [-0.4, -0.2) is 17.6 Å². The van der Waals surface area contributed by atoms with E-state index in [0.29, 0.717) is 12.3 Å². The molecule has 0 saturated heterocycles. The van der Waals surface area contributed by atoms with Crippen molar-refractivity contribution in [2.75, 3.05) is 6.61 Å². The van der Waals surface area contributed by atoms with Crippen molar-refractivity contribution in [3.05, 3.63) is 30.1 Å². The maximum atomic E-state index is 11.0. The van der Waals surface area contributed by atoms with Crippen molar-refractivity contribution < 1.29 is 40.5 Å². The summed E-state index contributed by atoms with van der Waals surface area (Å²) in [5.74, 6) is -0.367. The Morgan fingerprint density at radius 3 is 2.92 bits per heavy atom. The molecule has 0 atom stereocenters. The summed E-state index contributed by atoms with van der Waals surface area (Å²) in [6.45, 7) is 2.15. The normalized spacial score (nSPS) is 8.42. The second-order valence-electron chi connectivity index (χ2n) is 1.94. The van der Waals surface area contributed by atoms with Crippen molar-refractivity contribution in [1.82, 2.24) is 4.98 Å². The first kappa shape index (κ1) is 11.6. The van der Waals surface area contributed by atoms with E-state index in [1.54, 1.807) is 31.3 Å². The van der Waals surface area contributed by atoms with Crippen LogP contribution in [0.3, 0.4) is 0 Å². The van der Waals surface area contributed by atoms with Gasteiger partial charge in [0.1, 0.15) is 5.69 Å². The van der Waals surface area contributed by atoms with E-state index in [9.17, 15) is 4.79 Å². The Morgan fingerprint density at radius 2 is 2.42 bits per heavy atom. The van der Waals surface area contributed by atoms with Crippen LogP contribution in [0.2, 0.25) is 0 Å². The molecule has 0 aliphatic heterocycles. The number of carbonyl (C=O) groups excluding carboxylic acids is 1. The molecule has 0 aliphatic rings. The van der Waals surface area contributed by atoms with E-state index < -0.39 is 0 Å². The molecular weight excluding hydrogens is 165 g/mol. The molecular formula is C8H10NNaO2. The molecule has 0 radical (unpaired) electrons. The largest absolute Gasteiger partial charge is 1.00 e. The summed E-state index contributed by atoms with van der Waals surface area (Å²) >= 11 is 0. The third-order valence-corrected chi connectivity index (χ3v) is 1.15. The fraction of sp³-hybridized carbons (Fsp3) is 0.250. The first-order valence-electron chi connectivity index (χ1n) is 3.42. The number of pyridine rings is 1. The van der Waals surface area contributed by atoms with Gasteiger partial charge in [-0.05, 0) is 19.1 Å². The molecule has 0 amide bonds. The molecule has 0 aromatic carbocycles. The van der Waals surface area contributed by atoms with Gasteiger partial charge in [-0.25, -0.2) is 9.78 Å². The number of esters is 1. The van der Waals surface area contributed by atoms with Gasteiger partial charge in [0.25, 0.3) is 0 Å². The molecule has 1 aromatic heterocycles. The van der Waals surface area contributed by atoms with Crippen LogP contribution in [0.1, 0.15) is 18.8 Å². The summed E-state index contributed by atoms with van der Waals surface area (Å²) in [7, 11) is 0. The molecule has 12 heavy (non-hydrogen) atoms. The summed E-state index contributed by atoms with van der Waals surface area (Å²) in [5.41, 5.74) is 0.356. The molecule has 1 heterocycles. The van der Waals surface area contributed by atoms with Crippen LogP contribution in [0.4, 0.5) is 0 Å². The fourth-order valence-electron chi connectivity index (χ4n) is 0.689. The SMILES string of the molecule is CCOC(=O)c1ccccn1.[H-].[Na+]. The fourth-order valence-corrected chi connectivity index (χ4v) is 0.689. The van der Waals surface area contributed by atoms with Gasteiger partial charge in [0.05, 0.1) is 6.61 Å². The Balaban J connectivity index is 0. The molecule has 1 rings (SSSR count). The zero-order valence-corrected chi connectivity index (χ0v) is 9.28. The second-order valence-corrected chi connectivity index (χ2v) is 1.94. The van der Waals surface area contributed by atoms with Crippen LogP contribution < -0.4 is 29.6 Å². The predicted octanol–water partition coefficient (Wildman–Crippen LogP) is -1.63. The van der Waals surface area contributed by atoms with Crippen LogP contribution in [0, 0.1) is 0 Å².